The molecule has 6 heterocycles. The van der Waals surface area contributed by atoms with Crippen molar-refractivity contribution < 1.29 is 60.9 Å². The summed E-state index contributed by atoms with van der Waals surface area (Å²) in [5.41, 5.74) is -2.66. The molecule has 3 aliphatic heterocycles. The van der Waals surface area contributed by atoms with Crippen LogP contribution < -0.4 is 43.2 Å². The molecule has 3 N–H and O–H groups in total. The summed E-state index contributed by atoms with van der Waals surface area (Å²) in [6.07, 6.45) is -5.57. The highest BCUT2D eigenvalue weighted by molar-refractivity contribution is 7.48. The van der Waals surface area contributed by atoms with Crippen molar-refractivity contribution in [2.24, 2.45) is 5.92 Å². The van der Waals surface area contributed by atoms with Gasteiger partial charge in [-0.3, -0.25) is 66.2 Å². The monoisotopic (exact) mass is 1210 g/mol. The third kappa shape index (κ3) is 14.1. The number of aryl methyl sites for hydroxylation is 3. The van der Waals surface area contributed by atoms with Crippen molar-refractivity contribution in [3.8, 4) is 17.6 Å². The fourth-order valence-corrected chi connectivity index (χ4v) is 12.4. The quantitative estimate of drug-likeness (QED) is 0.0288. The largest absolute Gasteiger partial charge is 0.497 e. The van der Waals surface area contributed by atoms with E-state index in [-0.39, 0.29) is 74.0 Å². The Bertz CT molecular complexity index is 3820. The van der Waals surface area contributed by atoms with Crippen LogP contribution in [0, 0.1) is 38.0 Å². The number of phosphoric ester groups is 1. The van der Waals surface area contributed by atoms with Crippen LogP contribution in [0.15, 0.2) is 126 Å². The highest BCUT2D eigenvalue weighted by Gasteiger charge is 2.47. The Morgan fingerprint density at radius 3 is 1.62 bits per heavy atom. The second-order valence-corrected chi connectivity index (χ2v) is 22.8. The van der Waals surface area contributed by atoms with Crippen molar-refractivity contribution >= 4 is 19.6 Å². The maximum atomic E-state index is 14.9. The molecule has 3 aromatic heterocycles. The minimum absolute atomic E-state index is 0.0877. The fraction of sp³-hybridized carbons (Fsp3) is 0.441. The zero-order chi connectivity index (χ0) is 61.5. The van der Waals surface area contributed by atoms with E-state index in [4.69, 9.17) is 46.7 Å². The molecule has 27 heteroatoms. The summed E-state index contributed by atoms with van der Waals surface area (Å²) in [5.74, 6) is -0.406. The van der Waals surface area contributed by atoms with Crippen molar-refractivity contribution in [1.29, 1.82) is 5.26 Å². The summed E-state index contributed by atoms with van der Waals surface area (Å²) in [6.45, 7) is 4.47. The van der Waals surface area contributed by atoms with Crippen LogP contribution in [0.5, 0.6) is 11.5 Å². The molecular weight excluding hydrogens is 1140 g/mol. The van der Waals surface area contributed by atoms with Crippen LogP contribution >= 0.6 is 7.82 Å². The molecule has 0 amide bonds. The second-order valence-electron chi connectivity index (χ2n) is 21.2. The maximum absolute atomic E-state index is 14.9. The van der Waals surface area contributed by atoms with Gasteiger partial charge in [0.1, 0.15) is 53.8 Å². The minimum atomic E-state index is -4.83. The number of nitrogens with one attached hydrogen (secondary N) is 3. The number of nitrogens with zero attached hydrogens (tertiary/aromatic N) is 4. The van der Waals surface area contributed by atoms with E-state index in [9.17, 15) is 48.2 Å². The van der Waals surface area contributed by atoms with Gasteiger partial charge in [-0.25, -0.2) is 18.9 Å². The molecule has 26 nitrogen and oxygen atoms in total. The number of phosphoric acid groups is 1. The lowest BCUT2D eigenvalue weighted by Gasteiger charge is -2.37. The molecule has 0 bridgehead atoms. The number of ether oxygens (including phenoxy) is 7. The number of hydrogen-bond donors (Lipinski definition) is 3. The number of H-pyrrole nitrogens is 3. The normalized spacial score (nSPS) is 22.7. The smallest absolute Gasteiger partial charge is 0.475 e. The molecule has 9 rings (SSSR count). The van der Waals surface area contributed by atoms with Gasteiger partial charge in [0.05, 0.1) is 64.8 Å². The first-order valence-electron chi connectivity index (χ1n) is 27.8. The molecule has 3 saturated heterocycles. The van der Waals surface area contributed by atoms with E-state index in [1.54, 1.807) is 21.1 Å². The number of hydrogen-bond acceptors (Lipinski definition) is 20. The summed E-state index contributed by atoms with van der Waals surface area (Å²) in [6, 6.07) is 26.3. The summed E-state index contributed by atoms with van der Waals surface area (Å²) >= 11 is 0. The molecule has 0 saturated carbocycles. The number of carbonyl (C=O) groups excluding carboxylic acids is 2. The van der Waals surface area contributed by atoms with Gasteiger partial charge in [0, 0.05) is 67.9 Å². The number of ketones is 1. The number of aromatic amines is 3. The number of benzene rings is 3. The minimum Gasteiger partial charge on any atom is -0.497 e. The van der Waals surface area contributed by atoms with Gasteiger partial charge in [-0.1, -0.05) is 54.6 Å². The molecule has 3 fully saturated rings. The Kier molecular flexibility index (Phi) is 19.6. The number of Topliss-reactive ketones (excluding diaryl/α,β-unsaturated/α-hetero) is 1. The van der Waals surface area contributed by atoms with Crippen LogP contribution in [-0.4, -0.2) is 105 Å². The zero-order valence-corrected chi connectivity index (χ0v) is 48.9. The first-order valence-corrected chi connectivity index (χ1v) is 29.2. The van der Waals surface area contributed by atoms with E-state index in [2.05, 4.69) is 15.0 Å². The predicted molar refractivity (Wildman–Crippen MR) is 305 cm³/mol. The molecule has 0 aliphatic carbocycles. The average Bonchev–Trinajstić information content (AvgIpc) is 1.10. The second kappa shape index (κ2) is 27.1. The Labute approximate surface area is 491 Å². The van der Waals surface area contributed by atoms with E-state index in [0.717, 1.165) is 32.7 Å². The number of rotatable bonds is 25. The summed E-state index contributed by atoms with van der Waals surface area (Å²) in [4.78, 5) is 111. The van der Waals surface area contributed by atoms with Gasteiger partial charge in [0.15, 0.2) is 0 Å². The summed E-state index contributed by atoms with van der Waals surface area (Å²) in [7, 11) is -1.70. The highest BCUT2D eigenvalue weighted by Crippen LogP contribution is 2.54. The van der Waals surface area contributed by atoms with Gasteiger partial charge >= 0.3 is 30.9 Å². The summed E-state index contributed by atoms with van der Waals surface area (Å²) < 4.78 is 79.3. The molecule has 1 unspecified atom stereocenters. The van der Waals surface area contributed by atoms with Crippen LogP contribution in [0.3, 0.4) is 0 Å². The van der Waals surface area contributed by atoms with Crippen LogP contribution in [0.2, 0.25) is 0 Å². The van der Waals surface area contributed by atoms with Crippen LogP contribution in [0.25, 0.3) is 0 Å². The van der Waals surface area contributed by atoms with Crippen LogP contribution in [-0.2, 0) is 57.0 Å². The predicted octanol–water partition coefficient (Wildman–Crippen LogP) is 5.18. The number of esters is 1. The fourth-order valence-electron chi connectivity index (χ4n) is 11.0. The summed E-state index contributed by atoms with van der Waals surface area (Å²) in [5, 5.41) is 9.44. The molecule has 3 aromatic carbocycles. The SMILES string of the molecule is COc1ccc(C(OC[C@H]2O[C@@H](n3cc(C)c(=O)[nH]c3=O)C[C@@H]2CC(=O)CC[C@H]2O[C@@H](n3cc(C)c(=O)[nH]c3=O)C[C@@H]2OP(=O)(OCCC#N)OC[C@H]2O[C@@H](n3cc(C)c(=O)[nH]c3=O)C[C@@H]2OC(C)=O)(c2ccccc2)c2ccc(OC)cc2)cc1. The van der Waals surface area contributed by atoms with Crippen molar-refractivity contribution in [3.05, 3.63) is 193 Å². The standard InChI is InChI=1S/C59H66N7O19P/c1-34-29-64(56(72)61-53(34)69)50-26-38(48(83-50)32-78-59(39-11-8-7-9-12-39,40-13-18-43(76-5)19-14-40)41-15-20-44(77-6)21-16-41)25-42(68)17-22-45-47(28-52(82-45)66-31-36(3)55(71)63-58(66)74)85-86(75,79-24-10-23-60)80-33-49-46(81-37(4)67)27-51(84-49)65-30-35(2)54(70)62-57(65)73/h7-9,11-16,18-21,29-31,38,45-52H,10,17,22,24-28,32-33H2,1-6H3,(H,61,69,72)(H,62,70,73)(H,63,71,74)/t38-,45+,46-,47-,48+,49+,50+,51+,52+,86?/m0/s1. The Hall–Kier alpha value is -8.12. The molecule has 0 radical (unpaired) electrons. The Balaban J connectivity index is 0.993. The average molecular weight is 1210 g/mol. The molecule has 3 aliphatic rings. The maximum Gasteiger partial charge on any atom is 0.475 e. The van der Waals surface area contributed by atoms with Crippen molar-refractivity contribution in [2.45, 2.75) is 127 Å². The third-order valence-electron chi connectivity index (χ3n) is 15.4. The lowest BCUT2D eigenvalue weighted by atomic mass is 9.80. The number of aromatic nitrogens is 6. The van der Waals surface area contributed by atoms with Gasteiger partial charge in [-0.2, -0.15) is 5.26 Å². The van der Waals surface area contributed by atoms with E-state index < -0.39 is 121 Å². The number of nitriles is 1. The van der Waals surface area contributed by atoms with Gasteiger partial charge in [0.25, 0.3) is 16.7 Å². The lowest BCUT2D eigenvalue weighted by Crippen LogP contribution is -2.37. The van der Waals surface area contributed by atoms with E-state index in [1.165, 1.54) is 37.0 Å². The van der Waals surface area contributed by atoms with Crippen molar-refractivity contribution in [2.75, 3.05) is 34.0 Å². The molecule has 0 spiro atoms. The van der Waals surface area contributed by atoms with E-state index in [0.29, 0.717) is 11.5 Å². The Morgan fingerprint density at radius 1 is 0.640 bits per heavy atom. The molecule has 10 atom stereocenters. The number of methoxy groups -OCH3 is 2. The first-order chi connectivity index (χ1) is 41.2. The third-order valence-corrected chi connectivity index (χ3v) is 16.9. The zero-order valence-electron chi connectivity index (χ0n) is 48.0. The molecular formula is C59H66N7O19P. The van der Waals surface area contributed by atoms with Gasteiger partial charge in [-0.05, 0) is 80.5 Å². The molecule has 6 aromatic rings. The van der Waals surface area contributed by atoms with E-state index in [1.807, 2.05) is 84.9 Å². The lowest BCUT2D eigenvalue weighted by molar-refractivity contribution is -0.150. The topological polar surface area (TPSA) is 332 Å². The Morgan fingerprint density at radius 2 is 1.12 bits per heavy atom. The first kappa shape index (κ1) is 62.4. The number of carbonyl (C=O) groups is 2. The molecule has 86 heavy (non-hydrogen) atoms. The highest BCUT2D eigenvalue weighted by atomic mass is 31.2. The van der Waals surface area contributed by atoms with Gasteiger partial charge < -0.3 is 33.2 Å². The van der Waals surface area contributed by atoms with Crippen molar-refractivity contribution in [3.63, 3.8) is 0 Å². The van der Waals surface area contributed by atoms with Crippen LogP contribution in [0.1, 0.15) is 104 Å². The van der Waals surface area contributed by atoms with Gasteiger partial charge in [0.2, 0.25) is 0 Å². The molecule has 456 valence electrons. The van der Waals surface area contributed by atoms with Crippen molar-refractivity contribution in [1.82, 2.24) is 28.7 Å². The van der Waals surface area contributed by atoms with E-state index >= 15 is 0 Å². The van der Waals surface area contributed by atoms with Crippen LogP contribution in [0.4, 0.5) is 0 Å². The van der Waals surface area contributed by atoms with Gasteiger partial charge in [-0.15, -0.1) is 0 Å².